The van der Waals surface area contributed by atoms with E-state index in [4.69, 9.17) is 0 Å². The minimum absolute atomic E-state index is 0.177. The highest BCUT2D eigenvalue weighted by atomic mass is 32.2. The van der Waals surface area contributed by atoms with Crippen molar-refractivity contribution >= 4 is 17.5 Å². The molecule has 0 saturated carbocycles. The highest BCUT2D eigenvalue weighted by Crippen LogP contribution is 2.21. The van der Waals surface area contributed by atoms with Crippen molar-refractivity contribution in [1.82, 2.24) is 4.90 Å². The minimum Gasteiger partial charge on any atom is -0.298 e. The Hall–Kier alpha value is -0.0200. The Balaban J connectivity index is 2.31. The van der Waals surface area contributed by atoms with E-state index in [1.807, 2.05) is 25.6 Å². The van der Waals surface area contributed by atoms with Crippen LogP contribution >= 0.6 is 11.8 Å². The van der Waals surface area contributed by atoms with Crippen LogP contribution < -0.4 is 0 Å². The van der Waals surface area contributed by atoms with Gasteiger partial charge in [-0.05, 0) is 19.2 Å². The van der Waals surface area contributed by atoms with E-state index in [0.29, 0.717) is 18.4 Å². The lowest BCUT2D eigenvalue weighted by Crippen LogP contribution is -2.37. The van der Waals surface area contributed by atoms with Crippen molar-refractivity contribution in [2.45, 2.75) is 26.3 Å². The number of carbonyl (C=O) groups is 1. The fraction of sp³-hybridized carbons (Fsp3) is 0.900. The molecule has 3 heteroatoms. The van der Waals surface area contributed by atoms with Crippen LogP contribution in [-0.2, 0) is 4.79 Å². The van der Waals surface area contributed by atoms with Gasteiger partial charge >= 0.3 is 0 Å². The first-order valence-corrected chi connectivity index (χ1v) is 6.07. The largest absolute Gasteiger partial charge is 0.298 e. The molecule has 1 rings (SSSR count). The van der Waals surface area contributed by atoms with Gasteiger partial charge in [-0.2, -0.15) is 11.8 Å². The van der Waals surface area contributed by atoms with E-state index in [1.165, 1.54) is 17.9 Å². The average Bonchev–Trinajstić information content (AvgIpc) is 2.55. The van der Waals surface area contributed by atoms with Crippen LogP contribution in [0.5, 0.6) is 0 Å². The second-order valence-corrected chi connectivity index (χ2v) is 5.20. The first-order valence-electron chi connectivity index (χ1n) is 4.92. The Morgan fingerprint density at radius 1 is 1.62 bits per heavy atom. The summed E-state index contributed by atoms with van der Waals surface area (Å²) < 4.78 is 0. The van der Waals surface area contributed by atoms with Gasteiger partial charge in [0.15, 0.2) is 0 Å². The van der Waals surface area contributed by atoms with E-state index >= 15 is 0 Å². The van der Waals surface area contributed by atoms with Crippen molar-refractivity contribution in [3.63, 3.8) is 0 Å². The molecule has 1 atom stereocenters. The van der Waals surface area contributed by atoms with Gasteiger partial charge in [-0.25, -0.2) is 0 Å². The molecular weight excluding hydrogens is 182 g/mol. The molecule has 76 valence electrons. The van der Waals surface area contributed by atoms with Gasteiger partial charge in [-0.1, -0.05) is 13.8 Å². The van der Waals surface area contributed by atoms with Gasteiger partial charge in [-0.3, -0.25) is 9.69 Å². The molecule has 0 amide bonds. The van der Waals surface area contributed by atoms with Crippen molar-refractivity contribution in [3.8, 4) is 0 Å². The smallest absolute Gasteiger partial charge is 0.149 e. The molecule has 0 bridgehead atoms. The molecular formula is C10H19NOS. The maximum Gasteiger partial charge on any atom is 0.149 e. The summed E-state index contributed by atoms with van der Waals surface area (Å²) >= 11 is 1.99. The first kappa shape index (κ1) is 11.1. The normalized spacial score (nSPS) is 23.0. The van der Waals surface area contributed by atoms with Gasteiger partial charge < -0.3 is 0 Å². The lowest BCUT2D eigenvalue weighted by molar-refractivity contribution is -0.123. The van der Waals surface area contributed by atoms with Crippen LogP contribution in [0, 0.1) is 5.92 Å². The molecule has 1 heterocycles. The van der Waals surface area contributed by atoms with Gasteiger partial charge in [0.2, 0.25) is 0 Å². The number of rotatable bonds is 4. The van der Waals surface area contributed by atoms with Crippen LogP contribution in [0.4, 0.5) is 0 Å². The number of Topliss-reactive ketones (excluding diaryl/α,β-unsaturated/α-hetero) is 1. The maximum absolute atomic E-state index is 11.5. The Morgan fingerprint density at radius 2 is 2.31 bits per heavy atom. The van der Waals surface area contributed by atoms with Crippen molar-refractivity contribution in [2.24, 2.45) is 5.92 Å². The summed E-state index contributed by atoms with van der Waals surface area (Å²) in [5.41, 5.74) is 0. The summed E-state index contributed by atoms with van der Waals surface area (Å²) in [7, 11) is 2.07. The zero-order valence-corrected chi connectivity index (χ0v) is 9.56. The average molecular weight is 201 g/mol. The van der Waals surface area contributed by atoms with Gasteiger partial charge in [0.05, 0.1) is 6.54 Å². The Labute approximate surface area is 85.1 Å². The van der Waals surface area contributed by atoms with Crippen LogP contribution in [0.1, 0.15) is 20.3 Å². The number of ketones is 1. The Morgan fingerprint density at radius 3 is 2.77 bits per heavy atom. The SMILES string of the molecule is CC(C)C(=O)CN(C)C1CCSC1. The molecule has 1 aliphatic heterocycles. The van der Waals surface area contributed by atoms with Crippen molar-refractivity contribution in [2.75, 3.05) is 25.1 Å². The quantitative estimate of drug-likeness (QED) is 0.690. The molecule has 1 saturated heterocycles. The third kappa shape index (κ3) is 3.31. The minimum atomic E-state index is 0.177. The molecule has 0 aromatic heterocycles. The molecule has 2 nitrogen and oxygen atoms in total. The van der Waals surface area contributed by atoms with E-state index in [9.17, 15) is 4.79 Å². The highest BCUT2D eigenvalue weighted by molar-refractivity contribution is 7.99. The molecule has 0 aromatic carbocycles. The number of hydrogen-bond donors (Lipinski definition) is 0. The van der Waals surface area contributed by atoms with Crippen LogP contribution in [0.25, 0.3) is 0 Å². The maximum atomic E-state index is 11.5. The summed E-state index contributed by atoms with van der Waals surface area (Å²) in [6.07, 6.45) is 1.24. The number of carbonyl (C=O) groups excluding carboxylic acids is 1. The zero-order chi connectivity index (χ0) is 9.84. The second kappa shape index (κ2) is 5.01. The summed E-state index contributed by atoms with van der Waals surface area (Å²) in [5.74, 6) is 2.99. The van der Waals surface area contributed by atoms with Crippen molar-refractivity contribution in [1.29, 1.82) is 0 Å². The predicted octanol–water partition coefficient (Wildman–Crippen LogP) is 1.65. The summed E-state index contributed by atoms with van der Waals surface area (Å²) in [6, 6.07) is 0.632. The van der Waals surface area contributed by atoms with Gasteiger partial charge in [0, 0.05) is 17.7 Å². The van der Waals surface area contributed by atoms with Gasteiger partial charge in [0.25, 0.3) is 0 Å². The van der Waals surface area contributed by atoms with Crippen LogP contribution in [0.2, 0.25) is 0 Å². The summed E-state index contributed by atoms with van der Waals surface area (Å²) in [5, 5.41) is 0. The van der Waals surface area contributed by atoms with E-state index in [1.54, 1.807) is 0 Å². The van der Waals surface area contributed by atoms with E-state index < -0.39 is 0 Å². The topological polar surface area (TPSA) is 20.3 Å². The van der Waals surface area contributed by atoms with Crippen molar-refractivity contribution < 1.29 is 4.79 Å². The van der Waals surface area contributed by atoms with E-state index in [2.05, 4.69) is 11.9 Å². The fourth-order valence-corrected chi connectivity index (χ4v) is 2.73. The number of nitrogens with zero attached hydrogens (tertiary/aromatic N) is 1. The number of hydrogen-bond acceptors (Lipinski definition) is 3. The third-order valence-electron chi connectivity index (χ3n) is 2.58. The van der Waals surface area contributed by atoms with Gasteiger partial charge in [-0.15, -0.1) is 0 Å². The first-order chi connectivity index (χ1) is 6.11. The zero-order valence-electron chi connectivity index (χ0n) is 8.75. The molecule has 0 spiro atoms. The Kier molecular flexibility index (Phi) is 4.26. The molecule has 0 aliphatic carbocycles. The Bertz CT molecular complexity index is 176. The van der Waals surface area contributed by atoms with E-state index in [0.717, 1.165) is 0 Å². The molecule has 1 fully saturated rings. The van der Waals surface area contributed by atoms with Crippen LogP contribution in [-0.4, -0.2) is 41.8 Å². The highest BCUT2D eigenvalue weighted by Gasteiger charge is 2.22. The molecule has 0 aromatic rings. The molecule has 0 N–H and O–H groups in total. The fourth-order valence-electron chi connectivity index (χ4n) is 1.43. The van der Waals surface area contributed by atoms with Crippen LogP contribution in [0.3, 0.4) is 0 Å². The van der Waals surface area contributed by atoms with Gasteiger partial charge in [0.1, 0.15) is 5.78 Å². The number of thioether (sulfide) groups is 1. The molecule has 1 unspecified atom stereocenters. The monoisotopic (exact) mass is 201 g/mol. The predicted molar refractivity (Wildman–Crippen MR) is 58.2 cm³/mol. The second-order valence-electron chi connectivity index (χ2n) is 4.05. The lowest BCUT2D eigenvalue weighted by atomic mass is 10.1. The lowest BCUT2D eigenvalue weighted by Gasteiger charge is -2.23. The number of likely N-dealkylation sites (N-methyl/N-ethyl adjacent to an activating group) is 1. The van der Waals surface area contributed by atoms with Crippen molar-refractivity contribution in [3.05, 3.63) is 0 Å². The molecule has 13 heavy (non-hydrogen) atoms. The standard InChI is InChI=1S/C10H19NOS/c1-8(2)10(12)6-11(3)9-4-5-13-7-9/h8-9H,4-7H2,1-3H3. The summed E-state index contributed by atoms with van der Waals surface area (Å²) in [6.45, 7) is 4.57. The van der Waals surface area contributed by atoms with E-state index in [-0.39, 0.29) is 5.92 Å². The third-order valence-corrected chi connectivity index (χ3v) is 3.72. The molecule has 1 aliphatic rings. The van der Waals surface area contributed by atoms with Crippen LogP contribution in [0.15, 0.2) is 0 Å². The molecule has 0 radical (unpaired) electrons. The summed E-state index contributed by atoms with van der Waals surface area (Å²) in [4.78, 5) is 13.7.